The van der Waals surface area contributed by atoms with Gasteiger partial charge in [0, 0.05) is 0 Å². The lowest BCUT2D eigenvalue weighted by Crippen LogP contribution is -2.28. The maximum Gasteiger partial charge on any atom is 0.271 e. The number of benzene rings is 4. The number of aryl methyl sites for hydroxylation is 3. The predicted molar refractivity (Wildman–Crippen MR) is 176 cm³/mol. The van der Waals surface area contributed by atoms with Crippen LogP contribution in [0, 0.1) is 6.92 Å². The lowest BCUT2D eigenvalue weighted by Gasteiger charge is -2.16. The smallest absolute Gasteiger partial charge is 0.271 e. The number of hydrogen-bond acceptors (Lipinski definition) is 4. The van der Waals surface area contributed by atoms with Crippen molar-refractivity contribution in [1.29, 1.82) is 0 Å². The van der Waals surface area contributed by atoms with Gasteiger partial charge < -0.3 is 4.74 Å². The molecule has 1 amide bonds. The summed E-state index contributed by atoms with van der Waals surface area (Å²) in [6.07, 6.45) is 3.74. The van der Waals surface area contributed by atoms with E-state index in [-0.39, 0.29) is 5.91 Å². The van der Waals surface area contributed by atoms with Crippen molar-refractivity contribution in [3.05, 3.63) is 127 Å². The molecule has 0 aromatic heterocycles. The van der Waals surface area contributed by atoms with Gasteiger partial charge in [-0.15, -0.1) is 0 Å². The number of rotatable bonds is 8. The van der Waals surface area contributed by atoms with Gasteiger partial charge in [-0.1, -0.05) is 79.5 Å². The zero-order valence-electron chi connectivity index (χ0n) is 23.2. The molecule has 1 aliphatic rings. The Kier molecular flexibility index (Phi) is 9.33. The Balaban J connectivity index is 1.44. The standard InChI is InChI=1S/C34H30BrClN2O2S/c1-4-23-10-14-27(15-11-23)37-34-38(28-16-12-24(5-2)13-17-28)33(39)31(41-34)20-26-18-29(35)32(30(36)19-26)40-21-25-8-6-22(3)7-9-25/h6-20H,4-5,21H2,1-3H3/b31-20-,37-34?. The summed E-state index contributed by atoms with van der Waals surface area (Å²) in [6.45, 7) is 6.69. The minimum absolute atomic E-state index is 0.130. The highest BCUT2D eigenvalue weighted by molar-refractivity contribution is 9.10. The zero-order chi connectivity index (χ0) is 28.9. The third-order valence-corrected chi connectivity index (χ3v) is 8.64. The van der Waals surface area contributed by atoms with E-state index >= 15 is 0 Å². The quantitative estimate of drug-likeness (QED) is 0.179. The molecular formula is C34H30BrClN2O2S. The van der Waals surface area contributed by atoms with E-state index in [0.717, 1.165) is 39.8 Å². The Hall–Kier alpha value is -3.32. The Morgan fingerprint density at radius 3 is 2.12 bits per heavy atom. The molecule has 4 nitrogen and oxygen atoms in total. The third-order valence-electron chi connectivity index (χ3n) is 6.80. The second-order valence-corrected chi connectivity index (χ2v) is 12.0. The summed E-state index contributed by atoms with van der Waals surface area (Å²) >= 11 is 11.6. The van der Waals surface area contributed by atoms with Crippen molar-refractivity contribution in [2.45, 2.75) is 40.2 Å². The van der Waals surface area contributed by atoms with E-state index in [1.165, 1.54) is 28.5 Å². The highest BCUT2D eigenvalue weighted by atomic mass is 79.9. The number of hydrogen-bond donors (Lipinski definition) is 0. The molecule has 5 rings (SSSR count). The summed E-state index contributed by atoms with van der Waals surface area (Å²) in [5.74, 6) is 0.435. The number of thioether (sulfide) groups is 1. The summed E-state index contributed by atoms with van der Waals surface area (Å²) in [5, 5.41) is 1.07. The van der Waals surface area contributed by atoms with E-state index in [1.807, 2.05) is 54.6 Å². The number of amidine groups is 1. The first-order valence-electron chi connectivity index (χ1n) is 13.5. The van der Waals surface area contributed by atoms with Gasteiger partial charge in [-0.25, -0.2) is 4.99 Å². The molecule has 0 bridgehead atoms. The number of carbonyl (C=O) groups is 1. The van der Waals surface area contributed by atoms with Crippen LogP contribution in [-0.2, 0) is 24.2 Å². The van der Waals surface area contributed by atoms with Gasteiger partial charge in [-0.2, -0.15) is 0 Å². The zero-order valence-corrected chi connectivity index (χ0v) is 26.3. The first-order chi connectivity index (χ1) is 19.8. The number of anilines is 1. The van der Waals surface area contributed by atoms with E-state index in [9.17, 15) is 4.79 Å². The number of nitrogens with zero attached hydrogens (tertiary/aromatic N) is 2. The minimum Gasteiger partial charge on any atom is -0.486 e. The molecule has 41 heavy (non-hydrogen) atoms. The largest absolute Gasteiger partial charge is 0.486 e. The van der Waals surface area contributed by atoms with Crippen molar-refractivity contribution in [1.82, 2.24) is 0 Å². The summed E-state index contributed by atoms with van der Waals surface area (Å²) in [7, 11) is 0. The van der Waals surface area contributed by atoms with Gasteiger partial charge in [0.25, 0.3) is 5.91 Å². The van der Waals surface area contributed by atoms with Crippen molar-refractivity contribution in [2.75, 3.05) is 4.90 Å². The minimum atomic E-state index is -0.130. The van der Waals surface area contributed by atoms with Crippen LogP contribution in [0.5, 0.6) is 5.75 Å². The fourth-order valence-electron chi connectivity index (χ4n) is 4.37. The molecule has 1 fully saturated rings. The van der Waals surface area contributed by atoms with E-state index in [4.69, 9.17) is 21.3 Å². The van der Waals surface area contributed by atoms with Crippen LogP contribution in [0.1, 0.15) is 41.7 Å². The highest BCUT2D eigenvalue weighted by Gasteiger charge is 2.35. The molecule has 7 heteroatoms. The van der Waals surface area contributed by atoms with Crippen molar-refractivity contribution < 1.29 is 9.53 Å². The monoisotopic (exact) mass is 644 g/mol. The van der Waals surface area contributed by atoms with Crippen LogP contribution in [-0.4, -0.2) is 11.1 Å². The Labute approximate surface area is 259 Å². The summed E-state index contributed by atoms with van der Waals surface area (Å²) in [6, 6.07) is 28.1. The lowest BCUT2D eigenvalue weighted by molar-refractivity contribution is -0.113. The van der Waals surface area contributed by atoms with E-state index in [0.29, 0.717) is 27.5 Å². The second-order valence-electron chi connectivity index (χ2n) is 9.77. The highest BCUT2D eigenvalue weighted by Crippen LogP contribution is 2.40. The first kappa shape index (κ1) is 29.2. The average Bonchev–Trinajstić information content (AvgIpc) is 3.27. The molecule has 1 aliphatic heterocycles. The van der Waals surface area contributed by atoms with E-state index in [2.05, 4.69) is 73.1 Å². The van der Waals surface area contributed by atoms with Crippen LogP contribution in [0.2, 0.25) is 5.02 Å². The Morgan fingerprint density at radius 1 is 0.902 bits per heavy atom. The molecule has 0 aliphatic carbocycles. The molecule has 1 saturated heterocycles. The molecule has 0 spiro atoms. The number of carbonyl (C=O) groups excluding carboxylic acids is 1. The van der Waals surface area contributed by atoms with Crippen molar-refractivity contribution in [3.8, 4) is 5.75 Å². The summed E-state index contributed by atoms with van der Waals surface area (Å²) in [5.41, 5.74) is 7.08. The molecule has 208 valence electrons. The van der Waals surface area contributed by atoms with Gasteiger partial charge in [0.05, 0.1) is 25.8 Å². The van der Waals surface area contributed by atoms with Gasteiger partial charge in [0.15, 0.2) is 10.9 Å². The van der Waals surface area contributed by atoms with Crippen LogP contribution in [0.4, 0.5) is 11.4 Å². The Morgan fingerprint density at radius 2 is 1.51 bits per heavy atom. The second kappa shape index (κ2) is 13.1. The first-order valence-corrected chi connectivity index (χ1v) is 15.5. The number of ether oxygens (including phenoxy) is 1. The predicted octanol–water partition coefficient (Wildman–Crippen LogP) is 9.92. The van der Waals surface area contributed by atoms with Gasteiger partial charge in [-0.05, 0) is 112 Å². The molecule has 1 heterocycles. The third kappa shape index (κ3) is 6.95. The number of halogens is 2. The summed E-state index contributed by atoms with van der Waals surface area (Å²) < 4.78 is 6.75. The number of aliphatic imine (C=N–C) groups is 1. The average molecular weight is 646 g/mol. The van der Waals surface area contributed by atoms with Gasteiger partial charge in [0.1, 0.15) is 6.61 Å². The van der Waals surface area contributed by atoms with E-state index in [1.54, 1.807) is 4.90 Å². The summed E-state index contributed by atoms with van der Waals surface area (Å²) in [4.78, 5) is 20.9. The Bertz CT molecular complexity index is 1590. The number of amides is 1. The molecule has 0 N–H and O–H groups in total. The molecule has 4 aromatic carbocycles. The lowest BCUT2D eigenvalue weighted by atomic mass is 10.1. The van der Waals surface area contributed by atoms with Gasteiger partial charge in [0.2, 0.25) is 0 Å². The SMILES string of the molecule is CCc1ccc(N=C2S/C(=C\c3cc(Cl)c(OCc4ccc(C)cc4)c(Br)c3)C(=O)N2c2ccc(CC)cc2)cc1. The van der Waals surface area contributed by atoms with Crippen LogP contribution < -0.4 is 9.64 Å². The van der Waals surface area contributed by atoms with Crippen molar-refractivity contribution >= 4 is 67.8 Å². The normalized spacial score (nSPS) is 15.2. The van der Waals surface area contributed by atoms with Crippen LogP contribution >= 0.6 is 39.3 Å². The topological polar surface area (TPSA) is 41.9 Å². The van der Waals surface area contributed by atoms with Crippen LogP contribution in [0.3, 0.4) is 0 Å². The van der Waals surface area contributed by atoms with Crippen LogP contribution in [0.15, 0.2) is 99.3 Å². The fourth-order valence-corrected chi connectivity index (χ4v) is 6.36. The van der Waals surface area contributed by atoms with Crippen molar-refractivity contribution in [3.63, 3.8) is 0 Å². The van der Waals surface area contributed by atoms with Gasteiger partial charge in [-0.3, -0.25) is 9.69 Å². The van der Waals surface area contributed by atoms with Crippen LogP contribution in [0.25, 0.3) is 6.08 Å². The van der Waals surface area contributed by atoms with Crippen molar-refractivity contribution in [2.24, 2.45) is 4.99 Å². The molecule has 4 aromatic rings. The van der Waals surface area contributed by atoms with Gasteiger partial charge >= 0.3 is 0 Å². The maximum absolute atomic E-state index is 13.8. The molecular weight excluding hydrogens is 616 g/mol. The maximum atomic E-state index is 13.8. The molecule has 0 unspecified atom stereocenters. The fraction of sp³-hybridized carbons (Fsp3) is 0.176. The molecule has 0 saturated carbocycles. The molecule has 0 atom stereocenters. The molecule has 0 radical (unpaired) electrons. The van der Waals surface area contributed by atoms with E-state index < -0.39 is 0 Å².